The van der Waals surface area contributed by atoms with Crippen LogP contribution in [0.1, 0.15) is 19.8 Å². The molecule has 1 atom stereocenters. The van der Waals surface area contributed by atoms with Crippen molar-refractivity contribution in [2.75, 3.05) is 32.7 Å². The van der Waals surface area contributed by atoms with E-state index in [1.54, 1.807) is 0 Å². The normalized spacial score (nSPS) is 19.9. The topological polar surface area (TPSA) is 15.3 Å². The summed E-state index contributed by atoms with van der Waals surface area (Å²) in [7, 11) is 0. The first-order valence-corrected chi connectivity index (χ1v) is 5.82. The Balaban J connectivity index is 2.03. The lowest BCUT2D eigenvalue weighted by Gasteiger charge is -2.20. The van der Waals surface area contributed by atoms with E-state index in [9.17, 15) is 0 Å². The van der Waals surface area contributed by atoms with E-state index in [0.717, 1.165) is 13.1 Å². The van der Waals surface area contributed by atoms with Crippen LogP contribution >= 0.6 is 11.6 Å². The molecule has 82 valence electrons. The summed E-state index contributed by atoms with van der Waals surface area (Å²) in [5, 5.41) is 3.99. The molecule has 0 radical (unpaired) electrons. The van der Waals surface area contributed by atoms with Gasteiger partial charge in [0.1, 0.15) is 0 Å². The lowest BCUT2D eigenvalue weighted by molar-refractivity contribution is 0.284. The number of nitrogens with one attached hydrogen (secondary N) is 1. The van der Waals surface area contributed by atoms with E-state index in [-0.39, 0.29) is 0 Å². The molecule has 0 bridgehead atoms. The Morgan fingerprint density at radius 2 is 2.14 bits per heavy atom. The minimum absolute atomic E-state index is 0.693. The molecular formula is C11H21ClN2. The van der Waals surface area contributed by atoms with Crippen molar-refractivity contribution in [2.24, 2.45) is 5.92 Å². The second-order valence-electron chi connectivity index (χ2n) is 4.26. The third kappa shape index (κ3) is 4.99. The van der Waals surface area contributed by atoms with Gasteiger partial charge in [0.15, 0.2) is 0 Å². The molecule has 0 aromatic carbocycles. The maximum absolute atomic E-state index is 5.66. The monoisotopic (exact) mass is 216 g/mol. The summed E-state index contributed by atoms with van der Waals surface area (Å²) in [4.78, 5) is 2.54. The highest BCUT2D eigenvalue weighted by Gasteiger charge is 2.13. The maximum Gasteiger partial charge on any atom is 0.0307 e. The van der Waals surface area contributed by atoms with E-state index in [0.29, 0.717) is 11.0 Å². The number of halogens is 1. The molecule has 14 heavy (non-hydrogen) atoms. The Hall–Kier alpha value is -0.0500. The van der Waals surface area contributed by atoms with Crippen LogP contribution in [0.3, 0.4) is 0 Å². The third-order valence-electron chi connectivity index (χ3n) is 2.58. The summed E-state index contributed by atoms with van der Waals surface area (Å²) < 4.78 is 0. The molecule has 1 unspecified atom stereocenters. The lowest BCUT2D eigenvalue weighted by Crippen LogP contribution is -2.32. The average Bonchev–Trinajstić information content (AvgIpc) is 2.56. The van der Waals surface area contributed by atoms with Crippen LogP contribution in [-0.4, -0.2) is 37.6 Å². The summed E-state index contributed by atoms with van der Waals surface area (Å²) in [5.74, 6) is 0.698. The Kier molecular flexibility index (Phi) is 5.53. The summed E-state index contributed by atoms with van der Waals surface area (Å²) in [6.07, 6.45) is 2.75. The molecule has 0 saturated carbocycles. The molecule has 1 heterocycles. The van der Waals surface area contributed by atoms with Crippen molar-refractivity contribution in [3.8, 4) is 0 Å². The zero-order chi connectivity index (χ0) is 10.4. The molecule has 1 saturated heterocycles. The summed E-state index contributed by atoms with van der Waals surface area (Å²) in [5.41, 5.74) is 0. The van der Waals surface area contributed by atoms with E-state index in [2.05, 4.69) is 23.7 Å². The average molecular weight is 217 g/mol. The van der Waals surface area contributed by atoms with Gasteiger partial charge in [0.2, 0.25) is 0 Å². The summed E-state index contributed by atoms with van der Waals surface area (Å²) in [6, 6.07) is 0. The second kappa shape index (κ2) is 6.44. The van der Waals surface area contributed by atoms with Crippen molar-refractivity contribution in [1.29, 1.82) is 0 Å². The first kappa shape index (κ1) is 12.0. The number of likely N-dealkylation sites (tertiary alicyclic amines) is 1. The van der Waals surface area contributed by atoms with E-state index in [1.807, 2.05) is 0 Å². The van der Waals surface area contributed by atoms with E-state index >= 15 is 0 Å². The Bertz CT molecular complexity index is 176. The highest BCUT2D eigenvalue weighted by molar-refractivity contribution is 6.29. The van der Waals surface area contributed by atoms with Crippen LogP contribution in [-0.2, 0) is 0 Å². The fraction of sp³-hybridized carbons (Fsp3) is 0.818. The Morgan fingerprint density at radius 1 is 1.50 bits per heavy atom. The molecule has 0 amide bonds. The number of rotatable bonds is 6. The van der Waals surface area contributed by atoms with Crippen LogP contribution in [0, 0.1) is 5.92 Å². The Labute approximate surface area is 92.3 Å². The Morgan fingerprint density at radius 3 is 2.71 bits per heavy atom. The van der Waals surface area contributed by atoms with Gasteiger partial charge in [-0.25, -0.2) is 0 Å². The molecular weight excluding hydrogens is 196 g/mol. The predicted molar refractivity (Wildman–Crippen MR) is 62.7 cm³/mol. The van der Waals surface area contributed by atoms with Gasteiger partial charge >= 0.3 is 0 Å². The van der Waals surface area contributed by atoms with Crippen molar-refractivity contribution in [3.63, 3.8) is 0 Å². The van der Waals surface area contributed by atoms with Crippen molar-refractivity contribution in [3.05, 3.63) is 11.6 Å². The SMILES string of the molecule is C=C(Cl)CNCC(C)CN1CCCC1. The van der Waals surface area contributed by atoms with E-state index < -0.39 is 0 Å². The van der Waals surface area contributed by atoms with Gasteiger partial charge in [-0.05, 0) is 38.4 Å². The number of nitrogens with zero attached hydrogens (tertiary/aromatic N) is 1. The van der Waals surface area contributed by atoms with Crippen LogP contribution in [0.4, 0.5) is 0 Å². The summed E-state index contributed by atoms with van der Waals surface area (Å²) in [6.45, 7) is 11.5. The third-order valence-corrected chi connectivity index (χ3v) is 2.71. The molecule has 1 N–H and O–H groups in total. The number of hydrogen-bond acceptors (Lipinski definition) is 2. The van der Waals surface area contributed by atoms with Gasteiger partial charge in [0, 0.05) is 18.1 Å². The van der Waals surface area contributed by atoms with Gasteiger partial charge in [-0.2, -0.15) is 0 Å². The molecule has 1 fully saturated rings. The van der Waals surface area contributed by atoms with Gasteiger partial charge in [-0.3, -0.25) is 0 Å². The minimum Gasteiger partial charge on any atom is -0.311 e. The van der Waals surface area contributed by atoms with Crippen LogP contribution in [0.25, 0.3) is 0 Å². The van der Waals surface area contributed by atoms with Gasteiger partial charge < -0.3 is 10.2 Å². The van der Waals surface area contributed by atoms with Crippen molar-refractivity contribution >= 4 is 11.6 Å². The molecule has 2 nitrogen and oxygen atoms in total. The molecule has 1 aliphatic rings. The zero-order valence-corrected chi connectivity index (χ0v) is 9.82. The van der Waals surface area contributed by atoms with Crippen LogP contribution in [0.5, 0.6) is 0 Å². The van der Waals surface area contributed by atoms with Crippen LogP contribution in [0.2, 0.25) is 0 Å². The van der Waals surface area contributed by atoms with Gasteiger partial charge in [-0.1, -0.05) is 25.1 Å². The van der Waals surface area contributed by atoms with Crippen molar-refractivity contribution in [1.82, 2.24) is 10.2 Å². The minimum atomic E-state index is 0.693. The standard InChI is InChI=1S/C11H21ClN2/c1-10(7-13-8-11(2)12)9-14-5-3-4-6-14/h10,13H,2-9H2,1H3. The van der Waals surface area contributed by atoms with Crippen LogP contribution in [0.15, 0.2) is 11.6 Å². The molecule has 0 aliphatic carbocycles. The molecule has 1 aliphatic heterocycles. The highest BCUT2D eigenvalue weighted by Crippen LogP contribution is 2.09. The quantitative estimate of drug-likeness (QED) is 0.732. The second-order valence-corrected chi connectivity index (χ2v) is 4.80. The first-order valence-electron chi connectivity index (χ1n) is 5.45. The maximum atomic E-state index is 5.66. The van der Waals surface area contributed by atoms with Gasteiger partial charge in [-0.15, -0.1) is 0 Å². The number of hydrogen-bond donors (Lipinski definition) is 1. The predicted octanol–water partition coefficient (Wildman–Crippen LogP) is 2.06. The van der Waals surface area contributed by atoms with Gasteiger partial charge in [0.05, 0.1) is 0 Å². The largest absolute Gasteiger partial charge is 0.311 e. The van der Waals surface area contributed by atoms with Crippen molar-refractivity contribution < 1.29 is 0 Å². The zero-order valence-electron chi connectivity index (χ0n) is 9.06. The molecule has 0 aromatic heterocycles. The molecule has 3 heteroatoms. The highest BCUT2D eigenvalue weighted by atomic mass is 35.5. The molecule has 0 spiro atoms. The molecule has 1 rings (SSSR count). The fourth-order valence-corrected chi connectivity index (χ4v) is 2.02. The van der Waals surface area contributed by atoms with Crippen molar-refractivity contribution in [2.45, 2.75) is 19.8 Å². The van der Waals surface area contributed by atoms with Gasteiger partial charge in [0.25, 0.3) is 0 Å². The molecule has 0 aromatic rings. The summed E-state index contributed by atoms with van der Waals surface area (Å²) >= 11 is 5.66. The van der Waals surface area contributed by atoms with E-state index in [4.69, 9.17) is 11.6 Å². The van der Waals surface area contributed by atoms with Crippen LogP contribution < -0.4 is 5.32 Å². The smallest absolute Gasteiger partial charge is 0.0307 e. The fourth-order valence-electron chi connectivity index (χ4n) is 1.92. The van der Waals surface area contributed by atoms with E-state index in [1.165, 1.54) is 32.5 Å². The lowest BCUT2D eigenvalue weighted by atomic mass is 10.1. The first-order chi connectivity index (χ1) is 6.68.